The fourth-order valence-corrected chi connectivity index (χ4v) is 1.92. The second kappa shape index (κ2) is 3.70. The van der Waals surface area contributed by atoms with Crippen molar-refractivity contribution in [3.63, 3.8) is 0 Å². The van der Waals surface area contributed by atoms with E-state index in [0.29, 0.717) is 5.92 Å². The summed E-state index contributed by atoms with van der Waals surface area (Å²) in [7, 11) is 0. The first-order valence-corrected chi connectivity index (χ1v) is 4.82. The van der Waals surface area contributed by atoms with Crippen molar-refractivity contribution in [2.24, 2.45) is 10.9 Å². The van der Waals surface area contributed by atoms with Crippen molar-refractivity contribution >= 4 is 6.21 Å². The maximum absolute atomic E-state index is 4.28. The minimum atomic E-state index is 0.621. The van der Waals surface area contributed by atoms with Crippen molar-refractivity contribution in [3.05, 3.63) is 23.8 Å². The summed E-state index contributed by atoms with van der Waals surface area (Å²) in [4.78, 5) is 4.28. The second-order valence-electron chi connectivity index (χ2n) is 3.53. The van der Waals surface area contributed by atoms with E-state index in [1.54, 1.807) is 5.57 Å². The van der Waals surface area contributed by atoms with Gasteiger partial charge in [-0.25, -0.2) is 0 Å². The van der Waals surface area contributed by atoms with E-state index >= 15 is 0 Å². The number of nitrogens with zero attached hydrogens (tertiary/aromatic N) is 1. The number of hydrogen-bond donors (Lipinski definition) is 0. The van der Waals surface area contributed by atoms with Crippen molar-refractivity contribution in [3.8, 4) is 0 Å². The Morgan fingerprint density at radius 2 is 2.33 bits per heavy atom. The minimum absolute atomic E-state index is 0.621. The number of hydrogen-bond acceptors (Lipinski definition) is 1. The van der Waals surface area contributed by atoms with Crippen LogP contribution < -0.4 is 0 Å². The van der Waals surface area contributed by atoms with E-state index in [1.165, 1.54) is 25.7 Å². The average molecular weight is 161 g/mol. The van der Waals surface area contributed by atoms with Crippen molar-refractivity contribution in [2.45, 2.75) is 25.7 Å². The van der Waals surface area contributed by atoms with Gasteiger partial charge in [0.2, 0.25) is 0 Å². The van der Waals surface area contributed by atoms with Gasteiger partial charge < -0.3 is 0 Å². The van der Waals surface area contributed by atoms with E-state index in [4.69, 9.17) is 0 Å². The number of dihydropyridines is 1. The Kier molecular flexibility index (Phi) is 2.40. The molecule has 0 N–H and O–H groups in total. The smallest absolute Gasteiger partial charge is 0.0489 e. The molecule has 1 aliphatic carbocycles. The SMILES string of the molecule is C1=CC(C2=CCCCC2)CN=C1. The molecule has 0 amide bonds. The lowest BCUT2D eigenvalue weighted by atomic mass is 9.88. The van der Waals surface area contributed by atoms with Crippen LogP contribution in [-0.2, 0) is 0 Å². The first kappa shape index (κ1) is 7.78. The standard InChI is InChI=1S/C11H15N/c1-2-5-10(6-3-1)11-7-4-8-12-9-11/h4-5,7-8,11H,1-3,6,9H2. The van der Waals surface area contributed by atoms with E-state index in [2.05, 4.69) is 23.2 Å². The Morgan fingerprint density at radius 3 is 3.00 bits per heavy atom. The number of aliphatic imine (C=N–C) groups is 1. The van der Waals surface area contributed by atoms with Crippen LogP contribution in [0.25, 0.3) is 0 Å². The summed E-state index contributed by atoms with van der Waals surface area (Å²) in [5, 5.41) is 0. The molecule has 0 saturated heterocycles. The molecule has 2 aliphatic rings. The van der Waals surface area contributed by atoms with Crippen LogP contribution in [0.4, 0.5) is 0 Å². The van der Waals surface area contributed by atoms with Crippen LogP contribution in [0, 0.1) is 5.92 Å². The van der Waals surface area contributed by atoms with Crippen LogP contribution in [-0.4, -0.2) is 12.8 Å². The van der Waals surface area contributed by atoms with E-state index < -0.39 is 0 Å². The zero-order valence-electron chi connectivity index (χ0n) is 7.37. The van der Waals surface area contributed by atoms with Crippen LogP contribution >= 0.6 is 0 Å². The van der Waals surface area contributed by atoms with Gasteiger partial charge >= 0.3 is 0 Å². The van der Waals surface area contributed by atoms with Gasteiger partial charge in [0, 0.05) is 18.7 Å². The van der Waals surface area contributed by atoms with Gasteiger partial charge in [-0.15, -0.1) is 0 Å². The third-order valence-electron chi connectivity index (χ3n) is 2.64. The van der Waals surface area contributed by atoms with E-state index in [9.17, 15) is 0 Å². The van der Waals surface area contributed by atoms with Crippen LogP contribution in [0.2, 0.25) is 0 Å². The van der Waals surface area contributed by atoms with Gasteiger partial charge in [0.25, 0.3) is 0 Å². The number of rotatable bonds is 1. The molecular formula is C11H15N. The highest BCUT2D eigenvalue weighted by Crippen LogP contribution is 2.26. The Morgan fingerprint density at radius 1 is 1.33 bits per heavy atom. The van der Waals surface area contributed by atoms with Gasteiger partial charge in [-0.2, -0.15) is 0 Å². The topological polar surface area (TPSA) is 12.4 Å². The molecule has 2 rings (SSSR count). The Hall–Kier alpha value is -0.850. The molecule has 1 nitrogen and oxygen atoms in total. The van der Waals surface area contributed by atoms with Gasteiger partial charge in [-0.3, -0.25) is 4.99 Å². The summed E-state index contributed by atoms with van der Waals surface area (Å²) in [6.45, 7) is 0.975. The highest BCUT2D eigenvalue weighted by atomic mass is 14.7. The summed E-state index contributed by atoms with van der Waals surface area (Å²) in [5.74, 6) is 0.621. The maximum atomic E-state index is 4.28. The molecule has 64 valence electrons. The Bertz CT molecular complexity index is 235. The van der Waals surface area contributed by atoms with Gasteiger partial charge in [-0.05, 0) is 31.8 Å². The molecule has 1 heterocycles. The normalized spacial score (nSPS) is 28.7. The highest BCUT2D eigenvalue weighted by Gasteiger charge is 2.13. The van der Waals surface area contributed by atoms with E-state index in [-0.39, 0.29) is 0 Å². The van der Waals surface area contributed by atoms with Crippen LogP contribution in [0.1, 0.15) is 25.7 Å². The molecule has 0 aromatic heterocycles. The summed E-state index contributed by atoms with van der Waals surface area (Å²) in [6, 6.07) is 0. The van der Waals surface area contributed by atoms with Crippen molar-refractivity contribution in [1.82, 2.24) is 0 Å². The van der Waals surface area contributed by atoms with Gasteiger partial charge in [-0.1, -0.05) is 17.7 Å². The van der Waals surface area contributed by atoms with E-state index in [1.807, 2.05) is 6.21 Å². The van der Waals surface area contributed by atoms with Gasteiger partial charge in [0.05, 0.1) is 0 Å². The Labute approximate surface area is 73.9 Å². The molecule has 12 heavy (non-hydrogen) atoms. The molecule has 0 aromatic carbocycles. The summed E-state index contributed by atoms with van der Waals surface area (Å²) in [6.07, 6.45) is 14.0. The molecule has 0 bridgehead atoms. The molecule has 1 aliphatic heterocycles. The number of allylic oxidation sites excluding steroid dienone is 2. The third-order valence-corrected chi connectivity index (χ3v) is 2.64. The fourth-order valence-electron chi connectivity index (χ4n) is 1.92. The maximum Gasteiger partial charge on any atom is 0.0489 e. The Balaban J connectivity index is 2.03. The predicted molar refractivity (Wildman–Crippen MR) is 52.5 cm³/mol. The fraction of sp³-hybridized carbons (Fsp3) is 0.545. The minimum Gasteiger partial charge on any atom is -0.292 e. The first-order chi connectivity index (χ1) is 5.97. The lowest BCUT2D eigenvalue weighted by Gasteiger charge is -2.20. The van der Waals surface area contributed by atoms with Gasteiger partial charge in [0.15, 0.2) is 0 Å². The van der Waals surface area contributed by atoms with Crippen LogP contribution in [0.15, 0.2) is 28.8 Å². The summed E-state index contributed by atoms with van der Waals surface area (Å²) >= 11 is 0. The molecule has 0 saturated carbocycles. The first-order valence-electron chi connectivity index (χ1n) is 4.82. The van der Waals surface area contributed by atoms with Crippen LogP contribution in [0.3, 0.4) is 0 Å². The second-order valence-corrected chi connectivity index (χ2v) is 3.53. The predicted octanol–water partition coefficient (Wildman–Crippen LogP) is 2.74. The largest absolute Gasteiger partial charge is 0.292 e. The highest BCUT2D eigenvalue weighted by molar-refractivity contribution is 5.72. The van der Waals surface area contributed by atoms with E-state index in [0.717, 1.165) is 6.54 Å². The summed E-state index contributed by atoms with van der Waals surface area (Å²) < 4.78 is 0. The lowest BCUT2D eigenvalue weighted by molar-refractivity contribution is 0.626. The molecule has 1 heteroatoms. The monoisotopic (exact) mass is 161 g/mol. The van der Waals surface area contributed by atoms with Crippen molar-refractivity contribution in [1.29, 1.82) is 0 Å². The van der Waals surface area contributed by atoms with Crippen LogP contribution in [0.5, 0.6) is 0 Å². The average Bonchev–Trinajstić information content (AvgIpc) is 2.21. The third kappa shape index (κ3) is 1.66. The molecule has 1 unspecified atom stereocenters. The zero-order chi connectivity index (χ0) is 8.23. The molecule has 1 atom stereocenters. The molecule has 0 aromatic rings. The quantitative estimate of drug-likeness (QED) is 0.524. The van der Waals surface area contributed by atoms with Crippen molar-refractivity contribution in [2.75, 3.05) is 6.54 Å². The molecule has 0 fully saturated rings. The van der Waals surface area contributed by atoms with Gasteiger partial charge in [0.1, 0.15) is 0 Å². The van der Waals surface area contributed by atoms with Crippen molar-refractivity contribution < 1.29 is 0 Å². The molecule has 0 radical (unpaired) electrons. The summed E-state index contributed by atoms with van der Waals surface area (Å²) in [5.41, 5.74) is 1.62. The molecular weight excluding hydrogens is 146 g/mol. The lowest BCUT2D eigenvalue weighted by Crippen LogP contribution is -2.10. The zero-order valence-corrected chi connectivity index (χ0v) is 7.37. The molecule has 0 spiro atoms.